The van der Waals surface area contributed by atoms with Gasteiger partial charge in [-0.3, -0.25) is 0 Å². The van der Waals surface area contributed by atoms with Crippen LogP contribution in [0.1, 0.15) is 30.5 Å². The third-order valence-electron chi connectivity index (χ3n) is 4.97. The Hall–Kier alpha value is -2.05. The van der Waals surface area contributed by atoms with Crippen LogP contribution < -0.4 is 9.47 Å². The van der Waals surface area contributed by atoms with E-state index in [1.54, 1.807) is 30.7 Å². The number of methoxy groups -OCH3 is 2. The zero-order valence-electron chi connectivity index (χ0n) is 15.9. The average Bonchev–Trinajstić information content (AvgIpc) is 2.60. The highest BCUT2D eigenvalue weighted by molar-refractivity contribution is 7.89. The van der Waals surface area contributed by atoms with Crippen molar-refractivity contribution in [3.63, 3.8) is 0 Å². The average molecular weight is 375 g/mol. The van der Waals surface area contributed by atoms with Crippen LogP contribution in [0.3, 0.4) is 0 Å². The lowest BCUT2D eigenvalue weighted by Gasteiger charge is -2.39. The molecule has 0 aliphatic carbocycles. The van der Waals surface area contributed by atoms with Crippen LogP contribution in [-0.4, -0.2) is 33.5 Å². The molecule has 0 fully saturated rings. The molecule has 0 N–H and O–H groups in total. The molecule has 0 saturated heterocycles. The summed E-state index contributed by atoms with van der Waals surface area (Å²) >= 11 is 0. The molecule has 0 atom stereocenters. The van der Waals surface area contributed by atoms with Gasteiger partial charge in [0.15, 0.2) is 11.5 Å². The maximum Gasteiger partial charge on any atom is 0.243 e. The Labute approximate surface area is 155 Å². The van der Waals surface area contributed by atoms with E-state index in [1.807, 2.05) is 31.2 Å². The van der Waals surface area contributed by atoms with E-state index < -0.39 is 10.0 Å². The van der Waals surface area contributed by atoms with E-state index >= 15 is 0 Å². The van der Waals surface area contributed by atoms with Crippen molar-refractivity contribution < 1.29 is 17.9 Å². The first-order valence-corrected chi connectivity index (χ1v) is 9.96. The molecule has 0 radical (unpaired) electrons. The maximum atomic E-state index is 13.3. The SMILES string of the molecule is COc1cc2c(cc1OC)C(C)(C)CN(S(=O)(=O)c1ccccc1C)C2. The fraction of sp³-hybridized carbons (Fsp3) is 0.400. The summed E-state index contributed by atoms with van der Waals surface area (Å²) in [6, 6.07) is 10.9. The topological polar surface area (TPSA) is 55.8 Å². The number of ether oxygens (including phenoxy) is 2. The number of fused-ring (bicyclic) bond motifs is 1. The van der Waals surface area contributed by atoms with Gasteiger partial charge in [-0.15, -0.1) is 0 Å². The van der Waals surface area contributed by atoms with Crippen molar-refractivity contribution in [2.75, 3.05) is 20.8 Å². The number of hydrogen-bond acceptors (Lipinski definition) is 4. The van der Waals surface area contributed by atoms with Gasteiger partial charge in [0, 0.05) is 18.5 Å². The van der Waals surface area contributed by atoms with Crippen molar-refractivity contribution in [3.05, 3.63) is 53.1 Å². The van der Waals surface area contributed by atoms with Crippen LogP contribution in [0.25, 0.3) is 0 Å². The number of aryl methyl sites for hydroxylation is 1. The molecule has 0 aromatic heterocycles. The third kappa shape index (κ3) is 3.08. The highest BCUT2D eigenvalue weighted by atomic mass is 32.2. The van der Waals surface area contributed by atoms with Gasteiger partial charge in [-0.25, -0.2) is 8.42 Å². The molecular weight excluding hydrogens is 350 g/mol. The molecule has 0 spiro atoms. The first-order chi connectivity index (χ1) is 12.2. The Morgan fingerprint density at radius 2 is 1.65 bits per heavy atom. The lowest BCUT2D eigenvalue weighted by Crippen LogP contribution is -2.45. The molecular formula is C20H25NO4S. The molecule has 0 saturated carbocycles. The van der Waals surface area contributed by atoms with Gasteiger partial charge >= 0.3 is 0 Å². The van der Waals surface area contributed by atoms with Gasteiger partial charge in [0.2, 0.25) is 10.0 Å². The van der Waals surface area contributed by atoms with Crippen LogP contribution in [0.15, 0.2) is 41.3 Å². The molecule has 140 valence electrons. The molecule has 1 heterocycles. The van der Waals surface area contributed by atoms with E-state index in [0.29, 0.717) is 29.5 Å². The molecule has 6 heteroatoms. The molecule has 2 aromatic rings. The van der Waals surface area contributed by atoms with Gasteiger partial charge in [-0.2, -0.15) is 4.31 Å². The zero-order chi connectivity index (χ0) is 19.1. The Morgan fingerprint density at radius 1 is 1.04 bits per heavy atom. The first-order valence-electron chi connectivity index (χ1n) is 8.52. The lowest BCUT2D eigenvalue weighted by atomic mass is 9.79. The third-order valence-corrected chi connectivity index (χ3v) is 6.92. The summed E-state index contributed by atoms with van der Waals surface area (Å²) in [6.45, 7) is 6.65. The maximum absolute atomic E-state index is 13.3. The molecule has 5 nitrogen and oxygen atoms in total. The van der Waals surface area contributed by atoms with Crippen molar-refractivity contribution in [2.24, 2.45) is 0 Å². The van der Waals surface area contributed by atoms with Crippen molar-refractivity contribution in [2.45, 2.75) is 37.6 Å². The van der Waals surface area contributed by atoms with Gasteiger partial charge in [-0.1, -0.05) is 32.0 Å². The van der Waals surface area contributed by atoms with E-state index in [9.17, 15) is 8.42 Å². The minimum atomic E-state index is -3.58. The smallest absolute Gasteiger partial charge is 0.243 e. The molecule has 1 aliphatic rings. The van der Waals surface area contributed by atoms with Crippen LogP contribution in [-0.2, 0) is 22.0 Å². The molecule has 2 aromatic carbocycles. The van der Waals surface area contributed by atoms with Crippen molar-refractivity contribution in [1.82, 2.24) is 4.31 Å². The fourth-order valence-corrected chi connectivity index (χ4v) is 5.41. The molecule has 3 rings (SSSR count). The Balaban J connectivity index is 2.09. The summed E-state index contributed by atoms with van der Waals surface area (Å²) in [5.41, 5.74) is 2.44. The Bertz CT molecular complexity index is 935. The number of nitrogens with zero attached hydrogens (tertiary/aromatic N) is 1. The number of sulfonamides is 1. The monoisotopic (exact) mass is 375 g/mol. The molecule has 0 unspecified atom stereocenters. The summed E-state index contributed by atoms with van der Waals surface area (Å²) in [7, 11) is -0.391. The van der Waals surface area contributed by atoms with Crippen LogP contribution in [0.4, 0.5) is 0 Å². The van der Waals surface area contributed by atoms with Gasteiger partial charge in [-0.05, 0) is 41.8 Å². The summed E-state index contributed by atoms with van der Waals surface area (Å²) < 4.78 is 38.9. The number of hydrogen-bond donors (Lipinski definition) is 0. The molecule has 1 aliphatic heterocycles. The van der Waals surface area contributed by atoms with Crippen molar-refractivity contribution in [1.29, 1.82) is 0 Å². The predicted octanol–water partition coefficient (Wildman–Crippen LogP) is 3.49. The van der Waals surface area contributed by atoms with Crippen LogP contribution in [0.5, 0.6) is 11.5 Å². The zero-order valence-corrected chi connectivity index (χ0v) is 16.7. The summed E-state index contributed by atoms with van der Waals surface area (Å²) in [5, 5.41) is 0. The Morgan fingerprint density at radius 3 is 2.27 bits per heavy atom. The van der Waals surface area contributed by atoms with Gasteiger partial charge < -0.3 is 9.47 Å². The van der Waals surface area contributed by atoms with Crippen LogP contribution in [0.2, 0.25) is 0 Å². The second-order valence-electron chi connectivity index (χ2n) is 7.29. The van der Waals surface area contributed by atoms with E-state index in [1.165, 1.54) is 0 Å². The first kappa shape index (κ1) is 18.7. The second kappa shape index (κ2) is 6.59. The van der Waals surface area contributed by atoms with E-state index in [0.717, 1.165) is 16.7 Å². The van der Waals surface area contributed by atoms with Gasteiger partial charge in [0.1, 0.15) is 0 Å². The summed E-state index contributed by atoms with van der Waals surface area (Å²) in [6.07, 6.45) is 0. The highest BCUT2D eigenvalue weighted by Gasteiger charge is 2.39. The quantitative estimate of drug-likeness (QED) is 0.821. The molecule has 26 heavy (non-hydrogen) atoms. The van der Waals surface area contributed by atoms with Crippen LogP contribution >= 0.6 is 0 Å². The predicted molar refractivity (Wildman–Crippen MR) is 101 cm³/mol. The largest absolute Gasteiger partial charge is 0.493 e. The normalized spacial score (nSPS) is 16.8. The van der Waals surface area contributed by atoms with Crippen molar-refractivity contribution in [3.8, 4) is 11.5 Å². The van der Waals surface area contributed by atoms with Crippen molar-refractivity contribution >= 4 is 10.0 Å². The highest BCUT2D eigenvalue weighted by Crippen LogP contribution is 2.41. The Kier molecular flexibility index (Phi) is 4.75. The molecule has 0 bridgehead atoms. The minimum absolute atomic E-state index is 0.315. The van der Waals surface area contributed by atoms with E-state index in [-0.39, 0.29) is 5.41 Å². The molecule has 0 amide bonds. The minimum Gasteiger partial charge on any atom is -0.493 e. The van der Waals surface area contributed by atoms with E-state index in [2.05, 4.69) is 13.8 Å². The summed E-state index contributed by atoms with van der Waals surface area (Å²) in [5.74, 6) is 1.27. The van der Waals surface area contributed by atoms with Gasteiger partial charge in [0.05, 0.1) is 19.1 Å². The number of rotatable bonds is 4. The van der Waals surface area contributed by atoms with Gasteiger partial charge in [0.25, 0.3) is 0 Å². The summed E-state index contributed by atoms with van der Waals surface area (Å²) in [4.78, 5) is 0.361. The fourth-order valence-electron chi connectivity index (χ4n) is 3.61. The number of benzene rings is 2. The van der Waals surface area contributed by atoms with E-state index in [4.69, 9.17) is 9.47 Å². The standard InChI is InChI=1S/C20H25NO4S/c1-14-8-6-7-9-19(14)26(22,23)21-12-15-10-17(24-4)18(25-5)11-16(15)20(2,3)13-21/h6-11H,12-13H2,1-5H3. The van der Waals surface area contributed by atoms with Crippen LogP contribution in [0, 0.1) is 6.92 Å². The second-order valence-corrected chi connectivity index (χ2v) is 9.19. The lowest BCUT2D eigenvalue weighted by molar-refractivity contribution is 0.294.